The van der Waals surface area contributed by atoms with Crippen molar-refractivity contribution in [1.82, 2.24) is 4.90 Å². The van der Waals surface area contributed by atoms with Gasteiger partial charge in [-0.25, -0.2) is 4.79 Å². The average molecular weight is 342 g/mol. The monoisotopic (exact) mass is 341 g/mol. The Kier molecular flexibility index (Phi) is 6.17. The van der Waals surface area contributed by atoms with Crippen molar-refractivity contribution in [3.8, 4) is 0 Å². The number of aryl methyl sites for hydroxylation is 1. The molecule has 0 saturated carbocycles. The highest BCUT2D eigenvalue weighted by Gasteiger charge is 2.17. The summed E-state index contributed by atoms with van der Waals surface area (Å²) in [6.45, 7) is 3.37. The molecule has 0 fully saturated rings. The highest BCUT2D eigenvalue weighted by molar-refractivity contribution is 9.18. The highest BCUT2D eigenvalue weighted by Crippen LogP contribution is 2.10. The predicted molar refractivity (Wildman–Crippen MR) is 80.2 cm³/mol. The zero-order valence-electron chi connectivity index (χ0n) is 11.3. The quantitative estimate of drug-likeness (QED) is 0.382. The maximum absolute atomic E-state index is 12.0. The summed E-state index contributed by atoms with van der Waals surface area (Å²) < 4.78 is 4.66. The zero-order valence-corrected chi connectivity index (χ0v) is 12.9. The van der Waals surface area contributed by atoms with E-state index in [9.17, 15) is 9.59 Å². The summed E-state index contributed by atoms with van der Waals surface area (Å²) in [5, 5.41) is 10.2. The van der Waals surface area contributed by atoms with Gasteiger partial charge in [0.25, 0.3) is 0 Å². The van der Waals surface area contributed by atoms with Crippen molar-refractivity contribution in [1.29, 1.82) is 5.41 Å². The van der Waals surface area contributed by atoms with Crippen molar-refractivity contribution in [2.24, 2.45) is 0 Å². The largest absolute Gasteiger partial charge is 0.464 e. The number of halogens is 1. The molecule has 0 unspecified atom stereocenters. The number of amidine groups is 1. The van der Waals surface area contributed by atoms with E-state index in [4.69, 9.17) is 10.1 Å². The second kappa shape index (κ2) is 7.64. The Balaban J connectivity index is 2.62. The van der Waals surface area contributed by atoms with Crippen LogP contribution in [0, 0.1) is 12.3 Å². The third kappa shape index (κ3) is 5.40. The first kappa shape index (κ1) is 16.2. The molecule has 0 atom stereocenters. The Hall–Kier alpha value is -1.89. The molecule has 1 aromatic carbocycles. The minimum atomic E-state index is -0.470. The van der Waals surface area contributed by atoms with Gasteiger partial charge in [0.15, 0.2) is 4.74 Å². The minimum absolute atomic E-state index is 0.0324. The molecule has 108 valence electrons. The van der Waals surface area contributed by atoms with Gasteiger partial charge in [-0.1, -0.05) is 17.7 Å². The molecule has 0 bridgehead atoms. The summed E-state index contributed by atoms with van der Waals surface area (Å²) in [5.74, 6) is -0.426. The molecule has 0 aliphatic heterocycles. The van der Waals surface area contributed by atoms with Crippen LogP contribution in [-0.4, -0.2) is 34.8 Å². The lowest BCUT2D eigenvalue weighted by Crippen LogP contribution is -2.39. The van der Waals surface area contributed by atoms with Gasteiger partial charge in [0.2, 0.25) is 0 Å². The number of ether oxygens (including phenoxy) is 1. The molecule has 0 aliphatic rings. The van der Waals surface area contributed by atoms with E-state index in [1.807, 2.05) is 19.1 Å². The van der Waals surface area contributed by atoms with Crippen molar-refractivity contribution >= 4 is 38.4 Å². The zero-order chi connectivity index (χ0) is 15.1. The van der Waals surface area contributed by atoms with Crippen LogP contribution < -0.4 is 5.32 Å². The predicted octanol–water partition coefficient (Wildman–Crippen LogP) is 2.72. The Morgan fingerprint density at radius 3 is 2.45 bits per heavy atom. The summed E-state index contributed by atoms with van der Waals surface area (Å²) in [6, 6.07) is 6.82. The highest BCUT2D eigenvalue weighted by atomic mass is 79.9. The van der Waals surface area contributed by atoms with Gasteiger partial charge in [0.1, 0.15) is 6.61 Å². The van der Waals surface area contributed by atoms with Gasteiger partial charge in [0, 0.05) is 12.6 Å². The molecular formula is C13H16BrN3O3. The number of hydrogen-bond acceptors (Lipinski definition) is 4. The van der Waals surface area contributed by atoms with E-state index in [0.717, 1.165) is 10.5 Å². The molecule has 7 heteroatoms. The number of anilines is 1. The maximum atomic E-state index is 12.0. The fourth-order valence-electron chi connectivity index (χ4n) is 1.40. The molecule has 20 heavy (non-hydrogen) atoms. The smallest absolute Gasteiger partial charge is 0.328 e. The summed E-state index contributed by atoms with van der Waals surface area (Å²) >= 11 is 2.94. The lowest BCUT2D eigenvalue weighted by molar-refractivity contribution is -0.141. The molecule has 0 spiro atoms. The van der Waals surface area contributed by atoms with Crippen LogP contribution >= 0.6 is 15.9 Å². The Morgan fingerprint density at radius 2 is 1.95 bits per heavy atom. The van der Waals surface area contributed by atoms with Crippen molar-refractivity contribution < 1.29 is 14.3 Å². The number of nitrogens with one attached hydrogen (secondary N) is 2. The second-order valence-electron chi connectivity index (χ2n) is 4.08. The lowest BCUT2D eigenvalue weighted by Gasteiger charge is -2.20. The lowest BCUT2D eigenvalue weighted by atomic mass is 10.2. The van der Waals surface area contributed by atoms with Gasteiger partial charge in [0.05, 0.1) is 6.54 Å². The molecule has 6 nitrogen and oxygen atoms in total. The van der Waals surface area contributed by atoms with Crippen LogP contribution in [0.1, 0.15) is 12.5 Å². The number of hydrogen-bond donors (Lipinski definition) is 2. The van der Waals surface area contributed by atoms with Crippen LogP contribution in [0.15, 0.2) is 24.3 Å². The summed E-state index contributed by atoms with van der Waals surface area (Å²) in [5.41, 5.74) is 1.72. The van der Waals surface area contributed by atoms with Crippen molar-refractivity contribution in [3.05, 3.63) is 29.8 Å². The van der Waals surface area contributed by atoms with Crippen LogP contribution in [0.3, 0.4) is 0 Å². The van der Waals surface area contributed by atoms with E-state index < -0.39 is 12.0 Å². The molecule has 0 heterocycles. The van der Waals surface area contributed by atoms with Gasteiger partial charge in [-0.3, -0.25) is 15.1 Å². The normalized spacial score (nSPS) is 9.75. The second-order valence-corrected chi connectivity index (χ2v) is 4.83. The van der Waals surface area contributed by atoms with Gasteiger partial charge in [-0.15, -0.1) is 0 Å². The van der Waals surface area contributed by atoms with Crippen LogP contribution in [-0.2, 0) is 9.53 Å². The van der Waals surface area contributed by atoms with Crippen LogP contribution in [0.25, 0.3) is 0 Å². The number of urea groups is 1. The number of nitrogens with zero attached hydrogens (tertiary/aromatic N) is 1. The Labute approximate surface area is 125 Å². The first-order valence-corrected chi connectivity index (χ1v) is 6.72. The SMILES string of the molecule is CC(=O)OCCN(C(=N)Br)C(=O)Nc1ccc(C)cc1. The van der Waals surface area contributed by atoms with Crippen molar-refractivity contribution in [2.75, 3.05) is 18.5 Å². The summed E-state index contributed by atoms with van der Waals surface area (Å²) in [7, 11) is 0. The molecule has 0 radical (unpaired) electrons. The van der Waals surface area contributed by atoms with Crippen LogP contribution in [0.5, 0.6) is 0 Å². The van der Waals surface area contributed by atoms with Gasteiger partial charge in [-0.2, -0.15) is 0 Å². The third-order valence-electron chi connectivity index (χ3n) is 2.41. The molecular weight excluding hydrogens is 326 g/mol. The molecule has 2 amide bonds. The van der Waals surface area contributed by atoms with Crippen molar-refractivity contribution in [3.63, 3.8) is 0 Å². The fourth-order valence-corrected chi connectivity index (χ4v) is 1.74. The molecule has 0 saturated heterocycles. The number of carbonyl (C=O) groups excluding carboxylic acids is 2. The van der Waals surface area contributed by atoms with Crippen molar-refractivity contribution in [2.45, 2.75) is 13.8 Å². The average Bonchev–Trinajstić information content (AvgIpc) is 2.36. The molecule has 2 N–H and O–H groups in total. The topological polar surface area (TPSA) is 82.5 Å². The fraction of sp³-hybridized carbons (Fsp3) is 0.308. The van der Waals surface area contributed by atoms with E-state index in [1.165, 1.54) is 6.92 Å². The molecule has 0 aliphatic carbocycles. The Bertz CT molecular complexity index is 502. The first-order chi connectivity index (χ1) is 9.40. The van der Waals surface area contributed by atoms with E-state index in [2.05, 4.69) is 21.2 Å². The number of rotatable bonds is 4. The molecule has 0 aromatic heterocycles. The van der Waals surface area contributed by atoms with E-state index >= 15 is 0 Å². The van der Waals surface area contributed by atoms with E-state index in [-0.39, 0.29) is 17.9 Å². The standard InChI is InChI=1S/C13H16BrN3O3/c1-9-3-5-11(6-4-9)16-13(19)17(12(14)15)7-8-20-10(2)18/h3-6,15H,7-8H2,1-2H3,(H,16,19). The molecule has 1 rings (SSSR count). The first-order valence-electron chi connectivity index (χ1n) is 5.92. The van der Waals surface area contributed by atoms with Gasteiger partial charge in [-0.05, 0) is 35.0 Å². The third-order valence-corrected chi connectivity index (χ3v) is 2.83. The number of carbonyl (C=O) groups is 2. The van der Waals surface area contributed by atoms with Gasteiger partial charge < -0.3 is 10.1 Å². The number of benzene rings is 1. The number of esters is 1. The summed E-state index contributed by atoms with van der Waals surface area (Å²) in [4.78, 5) is 23.8. The van der Waals surface area contributed by atoms with E-state index in [1.54, 1.807) is 12.1 Å². The maximum Gasteiger partial charge on any atom is 0.328 e. The molecule has 1 aromatic rings. The Morgan fingerprint density at radius 1 is 1.35 bits per heavy atom. The van der Waals surface area contributed by atoms with Gasteiger partial charge >= 0.3 is 12.0 Å². The minimum Gasteiger partial charge on any atom is -0.464 e. The van der Waals surface area contributed by atoms with Crippen LogP contribution in [0.4, 0.5) is 10.5 Å². The summed E-state index contributed by atoms with van der Waals surface area (Å²) in [6.07, 6.45) is 0. The van der Waals surface area contributed by atoms with Crippen LogP contribution in [0.2, 0.25) is 0 Å². The number of amides is 2. The van der Waals surface area contributed by atoms with E-state index in [0.29, 0.717) is 5.69 Å².